The smallest absolute Gasteiger partial charge is 0.0964 e. The van der Waals surface area contributed by atoms with Crippen molar-refractivity contribution in [3.63, 3.8) is 0 Å². The van der Waals surface area contributed by atoms with Crippen molar-refractivity contribution in [3.05, 3.63) is 11.9 Å². The molecule has 20 heavy (non-hydrogen) atoms. The molecule has 2 rings (SSSR count). The van der Waals surface area contributed by atoms with Gasteiger partial charge in [0.2, 0.25) is 0 Å². The largest absolute Gasteiger partial charge is 0.311 e. The number of rotatable bonds is 7. The molecule has 1 saturated heterocycles. The number of thioether (sulfide) groups is 1. The first-order valence-corrected chi connectivity index (χ1v) is 8.79. The second-order valence-corrected chi connectivity index (χ2v) is 7.03. The maximum atomic E-state index is 4.22. The van der Waals surface area contributed by atoms with Crippen molar-refractivity contribution < 1.29 is 0 Å². The quantitative estimate of drug-likeness (QED) is 0.825. The zero-order valence-corrected chi connectivity index (χ0v) is 13.5. The molecule has 1 N–H and O–H groups in total. The fourth-order valence-electron chi connectivity index (χ4n) is 2.28. The van der Waals surface area contributed by atoms with Crippen LogP contribution in [0.5, 0.6) is 0 Å². The summed E-state index contributed by atoms with van der Waals surface area (Å²) < 4.78 is 1.98. The minimum Gasteiger partial charge on any atom is -0.311 e. The lowest BCUT2D eigenvalue weighted by Crippen LogP contribution is -2.29. The van der Waals surface area contributed by atoms with E-state index in [1.54, 1.807) is 0 Å². The highest BCUT2D eigenvalue weighted by atomic mass is 32.2. The number of nitrogens with one attached hydrogen (secondary N) is 1. The van der Waals surface area contributed by atoms with Crippen molar-refractivity contribution in [1.29, 1.82) is 0 Å². The highest BCUT2D eigenvalue weighted by Gasteiger charge is 2.09. The molecule has 0 radical (unpaired) electrons. The molecular formula is C14H27N5S. The van der Waals surface area contributed by atoms with E-state index in [0.717, 1.165) is 31.9 Å². The van der Waals surface area contributed by atoms with Crippen molar-refractivity contribution in [2.45, 2.75) is 33.4 Å². The lowest BCUT2D eigenvalue weighted by Gasteiger charge is -2.18. The summed E-state index contributed by atoms with van der Waals surface area (Å²) in [7, 11) is 0. The van der Waals surface area contributed by atoms with Gasteiger partial charge in [-0.05, 0) is 31.2 Å². The van der Waals surface area contributed by atoms with Crippen LogP contribution >= 0.6 is 11.8 Å². The van der Waals surface area contributed by atoms with E-state index in [2.05, 4.69) is 52.3 Å². The molecule has 2 heterocycles. The third-order valence-corrected chi connectivity index (χ3v) is 4.45. The highest BCUT2D eigenvalue weighted by Crippen LogP contribution is 2.09. The van der Waals surface area contributed by atoms with Gasteiger partial charge in [0, 0.05) is 31.6 Å². The lowest BCUT2D eigenvalue weighted by molar-refractivity contribution is 0.277. The van der Waals surface area contributed by atoms with Gasteiger partial charge in [-0.1, -0.05) is 19.1 Å². The second-order valence-electron chi connectivity index (χ2n) is 5.81. The van der Waals surface area contributed by atoms with Crippen LogP contribution in [0, 0.1) is 5.92 Å². The molecule has 0 aliphatic carbocycles. The van der Waals surface area contributed by atoms with Gasteiger partial charge < -0.3 is 10.2 Å². The van der Waals surface area contributed by atoms with Gasteiger partial charge in [-0.2, -0.15) is 11.8 Å². The molecular weight excluding hydrogens is 270 g/mol. The van der Waals surface area contributed by atoms with E-state index in [0.29, 0.717) is 5.92 Å². The van der Waals surface area contributed by atoms with Crippen molar-refractivity contribution >= 4 is 11.8 Å². The SMILES string of the molecule is CC(C)CNCc1cn(CCN2CCCSCC2)nn1. The Bertz CT molecular complexity index is 371. The highest BCUT2D eigenvalue weighted by molar-refractivity contribution is 7.99. The normalized spacial score (nSPS) is 17.6. The van der Waals surface area contributed by atoms with Gasteiger partial charge in [0.15, 0.2) is 0 Å². The van der Waals surface area contributed by atoms with Gasteiger partial charge in [0.05, 0.1) is 12.2 Å². The Morgan fingerprint density at radius 1 is 1.30 bits per heavy atom. The summed E-state index contributed by atoms with van der Waals surface area (Å²) in [4.78, 5) is 2.54. The number of hydrogen-bond acceptors (Lipinski definition) is 5. The van der Waals surface area contributed by atoms with E-state index < -0.39 is 0 Å². The third kappa shape index (κ3) is 5.81. The molecule has 1 aromatic rings. The Morgan fingerprint density at radius 3 is 3.05 bits per heavy atom. The molecule has 114 valence electrons. The van der Waals surface area contributed by atoms with E-state index in [9.17, 15) is 0 Å². The Labute approximate surface area is 126 Å². The minimum atomic E-state index is 0.672. The monoisotopic (exact) mass is 297 g/mol. The summed E-state index contributed by atoms with van der Waals surface area (Å²) in [6.07, 6.45) is 3.38. The van der Waals surface area contributed by atoms with Gasteiger partial charge in [-0.3, -0.25) is 4.68 Å². The van der Waals surface area contributed by atoms with Gasteiger partial charge >= 0.3 is 0 Å². The maximum absolute atomic E-state index is 4.22. The van der Waals surface area contributed by atoms with Crippen molar-refractivity contribution in [2.75, 3.05) is 37.7 Å². The molecule has 1 aliphatic heterocycles. The third-order valence-electron chi connectivity index (χ3n) is 3.40. The minimum absolute atomic E-state index is 0.672. The molecule has 1 fully saturated rings. The fourth-order valence-corrected chi connectivity index (χ4v) is 3.21. The Kier molecular flexibility index (Phi) is 6.82. The first kappa shape index (κ1) is 15.8. The van der Waals surface area contributed by atoms with Crippen LogP contribution in [-0.2, 0) is 13.1 Å². The molecule has 0 unspecified atom stereocenters. The van der Waals surface area contributed by atoms with E-state index in [4.69, 9.17) is 0 Å². The van der Waals surface area contributed by atoms with Crippen LogP contribution in [0.1, 0.15) is 26.0 Å². The second kappa shape index (κ2) is 8.64. The Hall–Kier alpha value is -0.590. The van der Waals surface area contributed by atoms with Crippen LogP contribution in [0.25, 0.3) is 0 Å². The van der Waals surface area contributed by atoms with Crippen molar-refractivity contribution in [1.82, 2.24) is 25.2 Å². The topological polar surface area (TPSA) is 46.0 Å². The van der Waals surface area contributed by atoms with Gasteiger partial charge in [-0.25, -0.2) is 0 Å². The molecule has 0 saturated carbocycles. The summed E-state index contributed by atoms with van der Waals surface area (Å²) in [5.74, 6) is 3.25. The number of hydrogen-bond donors (Lipinski definition) is 1. The standard InChI is InChI=1S/C14H27N5S/c1-13(2)10-15-11-14-12-19(17-16-14)6-5-18-4-3-8-20-9-7-18/h12-13,15H,3-11H2,1-2H3. The molecule has 1 aliphatic rings. The predicted octanol–water partition coefficient (Wildman–Crippen LogP) is 1.46. The van der Waals surface area contributed by atoms with E-state index >= 15 is 0 Å². The summed E-state index contributed by atoms with van der Waals surface area (Å²) in [5.41, 5.74) is 1.04. The first-order valence-electron chi connectivity index (χ1n) is 7.64. The summed E-state index contributed by atoms with van der Waals surface area (Å²) in [5, 5.41) is 11.8. The summed E-state index contributed by atoms with van der Waals surface area (Å²) in [6, 6.07) is 0. The molecule has 5 nitrogen and oxygen atoms in total. The van der Waals surface area contributed by atoms with Crippen LogP contribution in [-0.4, -0.2) is 57.6 Å². The lowest BCUT2D eigenvalue weighted by atomic mass is 10.2. The van der Waals surface area contributed by atoms with Crippen molar-refractivity contribution in [3.8, 4) is 0 Å². The van der Waals surface area contributed by atoms with E-state index in [-0.39, 0.29) is 0 Å². The van der Waals surface area contributed by atoms with Crippen LogP contribution in [0.4, 0.5) is 0 Å². The number of nitrogens with zero attached hydrogens (tertiary/aromatic N) is 4. The van der Waals surface area contributed by atoms with Crippen LogP contribution in [0.15, 0.2) is 6.20 Å². The van der Waals surface area contributed by atoms with Gasteiger partial charge in [-0.15, -0.1) is 5.10 Å². The predicted molar refractivity (Wildman–Crippen MR) is 84.9 cm³/mol. The van der Waals surface area contributed by atoms with Gasteiger partial charge in [0.1, 0.15) is 0 Å². The average molecular weight is 297 g/mol. The van der Waals surface area contributed by atoms with Crippen LogP contribution in [0.2, 0.25) is 0 Å². The maximum Gasteiger partial charge on any atom is 0.0964 e. The van der Waals surface area contributed by atoms with Crippen LogP contribution < -0.4 is 5.32 Å². The molecule has 0 bridgehead atoms. The van der Waals surface area contributed by atoms with Crippen molar-refractivity contribution in [2.24, 2.45) is 5.92 Å². The summed E-state index contributed by atoms with van der Waals surface area (Å²) >= 11 is 2.07. The zero-order valence-electron chi connectivity index (χ0n) is 12.7. The average Bonchev–Trinajstić information content (AvgIpc) is 2.71. The van der Waals surface area contributed by atoms with E-state index in [1.807, 2.05) is 4.68 Å². The van der Waals surface area contributed by atoms with Crippen LogP contribution in [0.3, 0.4) is 0 Å². The molecule has 0 aromatic carbocycles. The molecule has 0 spiro atoms. The fraction of sp³-hybridized carbons (Fsp3) is 0.857. The molecule has 0 atom stereocenters. The molecule has 6 heteroatoms. The van der Waals surface area contributed by atoms with E-state index in [1.165, 1.54) is 31.0 Å². The molecule has 0 amide bonds. The Balaban J connectivity index is 1.69. The van der Waals surface area contributed by atoms with Gasteiger partial charge in [0.25, 0.3) is 0 Å². The number of aromatic nitrogens is 3. The molecule has 1 aromatic heterocycles. The Morgan fingerprint density at radius 2 is 2.20 bits per heavy atom. The first-order chi connectivity index (χ1) is 9.74. The summed E-state index contributed by atoms with van der Waals surface area (Å²) in [6.45, 7) is 10.7. The zero-order chi connectivity index (χ0) is 14.2.